The van der Waals surface area contributed by atoms with Crippen molar-refractivity contribution in [2.45, 2.75) is 33.1 Å². The Morgan fingerprint density at radius 1 is 1.04 bits per heavy atom. The standard InChI is InChI=1S/C18H27N3O2/c1-18(2,17(23)21-12-6-5-7-13-21)16(22)19-14-8-10-15(11-9-14)20(3)4/h8-11H,5-7,12-13H2,1-4H3,(H,19,22). The van der Waals surface area contributed by atoms with E-state index in [-0.39, 0.29) is 11.8 Å². The summed E-state index contributed by atoms with van der Waals surface area (Å²) in [5.74, 6) is -0.342. The number of likely N-dealkylation sites (tertiary alicyclic amines) is 1. The molecule has 0 spiro atoms. The van der Waals surface area contributed by atoms with Crippen LogP contribution in [0.25, 0.3) is 0 Å². The monoisotopic (exact) mass is 317 g/mol. The first-order valence-electron chi connectivity index (χ1n) is 8.20. The van der Waals surface area contributed by atoms with Gasteiger partial charge in [-0.2, -0.15) is 0 Å². The highest BCUT2D eigenvalue weighted by Crippen LogP contribution is 2.25. The molecule has 1 saturated heterocycles. The minimum Gasteiger partial charge on any atom is -0.378 e. The number of benzene rings is 1. The van der Waals surface area contributed by atoms with E-state index in [1.807, 2.05) is 48.2 Å². The van der Waals surface area contributed by atoms with Crippen LogP contribution in [0.2, 0.25) is 0 Å². The number of amides is 2. The van der Waals surface area contributed by atoms with Gasteiger partial charge in [0.15, 0.2) is 0 Å². The zero-order chi connectivity index (χ0) is 17.0. The molecule has 0 atom stereocenters. The van der Waals surface area contributed by atoms with E-state index in [0.717, 1.165) is 38.0 Å². The van der Waals surface area contributed by atoms with Gasteiger partial charge in [0, 0.05) is 38.6 Å². The van der Waals surface area contributed by atoms with Gasteiger partial charge in [0.25, 0.3) is 0 Å². The minimum atomic E-state index is -1.06. The third-order valence-electron chi connectivity index (χ3n) is 4.39. The molecule has 1 aliphatic heterocycles. The molecule has 2 amide bonds. The van der Waals surface area contributed by atoms with Gasteiger partial charge in [-0.05, 0) is 57.4 Å². The number of hydrogen-bond acceptors (Lipinski definition) is 3. The van der Waals surface area contributed by atoms with Crippen LogP contribution in [0.15, 0.2) is 24.3 Å². The van der Waals surface area contributed by atoms with Crippen molar-refractivity contribution >= 4 is 23.2 Å². The molecule has 5 nitrogen and oxygen atoms in total. The first-order valence-corrected chi connectivity index (χ1v) is 8.20. The van der Waals surface area contributed by atoms with Crippen LogP contribution in [0.3, 0.4) is 0 Å². The Hall–Kier alpha value is -2.04. The molecule has 1 aromatic carbocycles. The Balaban J connectivity index is 2.04. The molecule has 1 aliphatic rings. The maximum absolute atomic E-state index is 12.7. The van der Waals surface area contributed by atoms with Crippen molar-refractivity contribution in [3.63, 3.8) is 0 Å². The van der Waals surface area contributed by atoms with Crippen LogP contribution < -0.4 is 10.2 Å². The lowest BCUT2D eigenvalue weighted by Crippen LogP contribution is -2.48. The maximum atomic E-state index is 12.7. The van der Waals surface area contributed by atoms with E-state index in [1.54, 1.807) is 13.8 Å². The van der Waals surface area contributed by atoms with Crippen LogP contribution >= 0.6 is 0 Å². The number of carbonyl (C=O) groups is 2. The summed E-state index contributed by atoms with van der Waals surface area (Å²) in [5.41, 5.74) is 0.712. The second kappa shape index (κ2) is 7.02. The molecular formula is C18H27N3O2. The lowest BCUT2D eigenvalue weighted by atomic mass is 9.89. The molecule has 1 aromatic rings. The normalized spacial score (nSPS) is 15.2. The Kier molecular flexibility index (Phi) is 5.29. The Bertz CT molecular complexity index is 558. The molecule has 0 radical (unpaired) electrons. The van der Waals surface area contributed by atoms with Crippen LogP contribution in [0, 0.1) is 5.41 Å². The lowest BCUT2D eigenvalue weighted by Gasteiger charge is -2.33. The summed E-state index contributed by atoms with van der Waals surface area (Å²) in [4.78, 5) is 29.0. The van der Waals surface area contributed by atoms with Crippen molar-refractivity contribution in [3.05, 3.63) is 24.3 Å². The first kappa shape index (κ1) is 17.3. The topological polar surface area (TPSA) is 52.7 Å². The van der Waals surface area contributed by atoms with Crippen LogP contribution in [0.4, 0.5) is 11.4 Å². The highest BCUT2D eigenvalue weighted by Gasteiger charge is 2.39. The molecule has 0 saturated carbocycles. The molecule has 126 valence electrons. The highest BCUT2D eigenvalue weighted by molar-refractivity contribution is 6.09. The first-order chi connectivity index (χ1) is 10.8. The van der Waals surface area contributed by atoms with E-state index in [1.165, 1.54) is 0 Å². The predicted octanol–water partition coefficient (Wildman–Crippen LogP) is 2.73. The molecule has 0 aliphatic carbocycles. The quantitative estimate of drug-likeness (QED) is 0.869. The number of nitrogens with one attached hydrogen (secondary N) is 1. The Morgan fingerprint density at radius 3 is 2.13 bits per heavy atom. The molecule has 0 bridgehead atoms. The third-order valence-corrected chi connectivity index (χ3v) is 4.39. The van der Waals surface area contributed by atoms with Crippen LogP contribution in [0.1, 0.15) is 33.1 Å². The van der Waals surface area contributed by atoms with E-state index < -0.39 is 5.41 Å². The minimum absolute atomic E-state index is 0.0837. The molecule has 1 fully saturated rings. The van der Waals surface area contributed by atoms with Gasteiger partial charge in [-0.15, -0.1) is 0 Å². The number of nitrogens with zero attached hydrogens (tertiary/aromatic N) is 2. The maximum Gasteiger partial charge on any atom is 0.239 e. The van der Waals surface area contributed by atoms with Crippen molar-refractivity contribution in [1.29, 1.82) is 0 Å². The van der Waals surface area contributed by atoms with E-state index in [9.17, 15) is 9.59 Å². The Labute approximate surface area is 138 Å². The number of rotatable bonds is 4. The summed E-state index contributed by atoms with van der Waals surface area (Å²) in [7, 11) is 3.93. The van der Waals surface area contributed by atoms with Crippen LogP contribution in [0.5, 0.6) is 0 Å². The molecule has 23 heavy (non-hydrogen) atoms. The van der Waals surface area contributed by atoms with Gasteiger partial charge in [0.2, 0.25) is 11.8 Å². The molecule has 5 heteroatoms. The van der Waals surface area contributed by atoms with Gasteiger partial charge in [0.1, 0.15) is 5.41 Å². The van der Waals surface area contributed by atoms with E-state index in [4.69, 9.17) is 0 Å². The van der Waals surface area contributed by atoms with Crippen molar-refractivity contribution in [2.75, 3.05) is 37.4 Å². The van der Waals surface area contributed by atoms with E-state index in [0.29, 0.717) is 5.69 Å². The predicted molar refractivity (Wildman–Crippen MR) is 93.6 cm³/mol. The van der Waals surface area contributed by atoms with E-state index >= 15 is 0 Å². The molecule has 0 aromatic heterocycles. The van der Waals surface area contributed by atoms with Gasteiger partial charge in [0.05, 0.1) is 0 Å². The average molecular weight is 317 g/mol. The number of hydrogen-bond donors (Lipinski definition) is 1. The molecule has 1 N–H and O–H groups in total. The largest absolute Gasteiger partial charge is 0.378 e. The fourth-order valence-electron chi connectivity index (χ4n) is 2.72. The summed E-state index contributed by atoms with van der Waals surface area (Å²) >= 11 is 0. The molecular weight excluding hydrogens is 290 g/mol. The van der Waals surface area contributed by atoms with E-state index in [2.05, 4.69) is 5.32 Å². The van der Waals surface area contributed by atoms with Gasteiger partial charge < -0.3 is 15.1 Å². The van der Waals surface area contributed by atoms with Gasteiger partial charge in [-0.1, -0.05) is 0 Å². The second-order valence-electron chi connectivity index (χ2n) is 6.87. The number of anilines is 2. The summed E-state index contributed by atoms with van der Waals surface area (Å²) in [6, 6.07) is 7.59. The van der Waals surface area contributed by atoms with Gasteiger partial charge in [-0.25, -0.2) is 0 Å². The molecule has 1 heterocycles. The van der Waals surface area contributed by atoms with Crippen molar-refractivity contribution in [1.82, 2.24) is 4.90 Å². The molecule has 2 rings (SSSR count). The van der Waals surface area contributed by atoms with Crippen molar-refractivity contribution in [2.24, 2.45) is 5.41 Å². The fraction of sp³-hybridized carbons (Fsp3) is 0.556. The summed E-state index contributed by atoms with van der Waals surface area (Å²) in [5, 5.41) is 2.86. The van der Waals surface area contributed by atoms with Gasteiger partial charge >= 0.3 is 0 Å². The third kappa shape index (κ3) is 4.03. The van der Waals surface area contributed by atoms with Crippen molar-refractivity contribution < 1.29 is 9.59 Å². The van der Waals surface area contributed by atoms with Crippen LogP contribution in [-0.2, 0) is 9.59 Å². The highest BCUT2D eigenvalue weighted by atomic mass is 16.2. The van der Waals surface area contributed by atoms with Gasteiger partial charge in [-0.3, -0.25) is 9.59 Å². The fourth-order valence-corrected chi connectivity index (χ4v) is 2.72. The van der Waals surface area contributed by atoms with Crippen molar-refractivity contribution in [3.8, 4) is 0 Å². The zero-order valence-electron chi connectivity index (χ0n) is 14.6. The summed E-state index contributed by atoms with van der Waals surface area (Å²) in [6.07, 6.45) is 3.21. The zero-order valence-corrected chi connectivity index (χ0v) is 14.6. The number of carbonyl (C=O) groups excluding carboxylic acids is 2. The second-order valence-corrected chi connectivity index (χ2v) is 6.87. The number of piperidine rings is 1. The lowest BCUT2D eigenvalue weighted by molar-refractivity contribution is -0.147. The SMILES string of the molecule is CN(C)c1ccc(NC(=O)C(C)(C)C(=O)N2CCCCC2)cc1. The Morgan fingerprint density at radius 2 is 1.61 bits per heavy atom. The average Bonchev–Trinajstić information content (AvgIpc) is 2.55. The summed E-state index contributed by atoms with van der Waals surface area (Å²) < 4.78 is 0. The summed E-state index contributed by atoms with van der Waals surface area (Å²) in [6.45, 7) is 4.92. The smallest absolute Gasteiger partial charge is 0.239 e. The van der Waals surface area contributed by atoms with Crippen LogP contribution in [-0.4, -0.2) is 43.9 Å². The molecule has 0 unspecified atom stereocenters.